The molecule has 0 aliphatic heterocycles. The molecule has 0 aromatic carbocycles. The fraction of sp³-hybridized carbons (Fsp3) is 0.294. The van der Waals surface area contributed by atoms with E-state index in [1.165, 1.54) is 11.3 Å². The molecule has 0 saturated heterocycles. The monoisotopic (exact) mass is 297 g/mol. The Morgan fingerprint density at radius 3 is 2.95 bits per heavy atom. The lowest BCUT2D eigenvalue weighted by molar-refractivity contribution is 0.260. The first-order valence-electron chi connectivity index (χ1n) is 7.29. The fourth-order valence-corrected chi connectivity index (χ4v) is 2.53. The highest BCUT2D eigenvalue weighted by molar-refractivity contribution is 5.88. The predicted molar refractivity (Wildman–Crippen MR) is 84.9 cm³/mol. The van der Waals surface area contributed by atoms with Gasteiger partial charge in [0.1, 0.15) is 17.9 Å². The topological polar surface area (TPSA) is 53.1 Å². The van der Waals surface area contributed by atoms with Gasteiger partial charge in [-0.05, 0) is 38.5 Å². The molecule has 0 radical (unpaired) electrons. The molecule has 0 saturated carbocycles. The van der Waals surface area contributed by atoms with E-state index in [1.807, 2.05) is 25.1 Å². The van der Waals surface area contributed by atoms with Crippen molar-refractivity contribution in [2.45, 2.75) is 33.9 Å². The summed E-state index contributed by atoms with van der Waals surface area (Å²) in [6.45, 7) is 7.35. The minimum Gasteiger partial charge on any atom is -0.467 e. The Hall–Kier alpha value is -2.56. The number of rotatable bonds is 5. The molecule has 0 aliphatic carbocycles. The number of fused-ring (bicyclic) bond motifs is 1. The van der Waals surface area contributed by atoms with Crippen LogP contribution in [0.2, 0.25) is 0 Å². The van der Waals surface area contributed by atoms with E-state index >= 15 is 0 Å². The molecule has 3 rings (SSSR count). The number of hydrogen-bond acceptors (Lipinski definition) is 4. The maximum absolute atomic E-state index is 5.84. The summed E-state index contributed by atoms with van der Waals surface area (Å²) in [5, 5.41) is 9.32. The van der Waals surface area contributed by atoms with Crippen LogP contribution < -0.4 is 4.74 Å². The maximum atomic E-state index is 5.84. The highest BCUT2D eigenvalue weighted by Gasteiger charge is 2.16. The van der Waals surface area contributed by atoms with Crippen LogP contribution in [0, 0.1) is 13.8 Å². The molecule has 5 heteroatoms. The lowest BCUT2D eigenvalue weighted by atomic mass is 10.2. The molecule has 0 atom stereocenters. The van der Waals surface area contributed by atoms with Gasteiger partial charge in [0.05, 0.1) is 12.5 Å². The van der Waals surface area contributed by atoms with Gasteiger partial charge in [0.15, 0.2) is 0 Å². The molecule has 3 aromatic rings. The smallest absolute Gasteiger partial charge is 0.258 e. The molecule has 114 valence electrons. The minimum absolute atomic E-state index is 0.341. The second-order valence-corrected chi connectivity index (χ2v) is 5.17. The van der Waals surface area contributed by atoms with Gasteiger partial charge in [-0.3, -0.25) is 0 Å². The van der Waals surface area contributed by atoms with Crippen LogP contribution >= 0.6 is 0 Å². The predicted octanol–water partition coefficient (Wildman–Crippen LogP) is 3.80. The zero-order valence-electron chi connectivity index (χ0n) is 13.0. The van der Waals surface area contributed by atoms with Crippen molar-refractivity contribution in [1.29, 1.82) is 0 Å². The molecular weight excluding hydrogens is 278 g/mol. The number of hydrogen-bond donors (Lipinski definition) is 0. The standard InChI is InChI=1S/C17H19N3O2/c1-4-5-8-20-13(3)12(2)15-10-18-19-17(16(15)20)22-11-14-7-6-9-21-14/h4-7,9-10H,8,11H2,1-3H3. The fourth-order valence-electron chi connectivity index (χ4n) is 2.53. The van der Waals surface area contributed by atoms with E-state index < -0.39 is 0 Å². The van der Waals surface area contributed by atoms with Crippen molar-refractivity contribution in [3.63, 3.8) is 0 Å². The Bertz CT molecular complexity index is 801. The SMILES string of the molecule is CC=CCn1c(C)c(C)c2cnnc(OCc3ccco3)c21. The first kappa shape index (κ1) is 14.4. The van der Waals surface area contributed by atoms with Crippen LogP contribution in [0.4, 0.5) is 0 Å². The summed E-state index contributed by atoms with van der Waals surface area (Å²) in [6.07, 6.45) is 7.58. The van der Waals surface area contributed by atoms with Gasteiger partial charge in [-0.1, -0.05) is 12.2 Å². The summed E-state index contributed by atoms with van der Waals surface area (Å²) in [4.78, 5) is 0. The van der Waals surface area contributed by atoms with Crippen molar-refractivity contribution in [2.75, 3.05) is 0 Å². The number of aromatic nitrogens is 3. The summed E-state index contributed by atoms with van der Waals surface area (Å²) in [5.74, 6) is 1.30. The second-order valence-electron chi connectivity index (χ2n) is 5.17. The largest absolute Gasteiger partial charge is 0.467 e. The highest BCUT2D eigenvalue weighted by atomic mass is 16.5. The van der Waals surface area contributed by atoms with E-state index in [-0.39, 0.29) is 0 Å². The summed E-state index contributed by atoms with van der Waals surface area (Å²) >= 11 is 0. The van der Waals surface area contributed by atoms with Crippen LogP contribution in [-0.4, -0.2) is 14.8 Å². The van der Waals surface area contributed by atoms with E-state index in [4.69, 9.17) is 9.15 Å². The van der Waals surface area contributed by atoms with E-state index in [9.17, 15) is 0 Å². The first-order chi connectivity index (χ1) is 10.7. The van der Waals surface area contributed by atoms with E-state index in [0.717, 1.165) is 23.2 Å². The van der Waals surface area contributed by atoms with E-state index in [0.29, 0.717) is 12.5 Å². The van der Waals surface area contributed by atoms with Gasteiger partial charge < -0.3 is 13.7 Å². The van der Waals surface area contributed by atoms with Gasteiger partial charge in [0.25, 0.3) is 5.88 Å². The van der Waals surface area contributed by atoms with Crippen molar-refractivity contribution >= 4 is 10.9 Å². The number of allylic oxidation sites excluding steroid dienone is 2. The van der Waals surface area contributed by atoms with Crippen LogP contribution in [0.3, 0.4) is 0 Å². The molecule has 0 unspecified atom stereocenters. The molecule has 0 N–H and O–H groups in total. The molecule has 3 heterocycles. The third-order valence-corrected chi connectivity index (χ3v) is 3.87. The summed E-state index contributed by atoms with van der Waals surface area (Å²) < 4.78 is 13.3. The molecule has 5 nitrogen and oxygen atoms in total. The first-order valence-corrected chi connectivity index (χ1v) is 7.29. The Kier molecular flexibility index (Phi) is 3.96. The van der Waals surface area contributed by atoms with Gasteiger partial charge in [-0.25, -0.2) is 0 Å². The second kappa shape index (κ2) is 6.05. The lowest BCUT2D eigenvalue weighted by Crippen LogP contribution is -2.03. The van der Waals surface area contributed by atoms with Gasteiger partial charge in [-0.15, -0.1) is 5.10 Å². The van der Waals surface area contributed by atoms with Crippen molar-refractivity contribution in [3.8, 4) is 5.88 Å². The van der Waals surface area contributed by atoms with E-state index in [2.05, 4.69) is 34.7 Å². The summed E-state index contributed by atoms with van der Waals surface area (Å²) in [5.41, 5.74) is 3.39. The van der Waals surface area contributed by atoms with Crippen LogP contribution in [0.15, 0.2) is 41.2 Å². The van der Waals surface area contributed by atoms with Gasteiger partial charge in [0.2, 0.25) is 0 Å². The van der Waals surface area contributed by atoms with Crippen LogP contribution in [-0.2, 0) is 13.2 Å². The third-order valence-electron chi connectivity index (χ3n) is 3.87. The van der Waals surface area contributed by atoms with E-state index in [1.54, 1.807) is 12.5 Å². The van der Waals surface area contributed by atoms with Crippen molar-refractivity contribution in [2.24, 2.45) is 0 Å². The van der Waals surface area contributed by atoms with Crippen molar-refractivity contribution < 1.29 is 9.15 Å². The third kappa shape index (κ3) is 2.50. The quantitative estimate of drug-likeness (QED) is 0.672. The Morgan fingerprint density at radius 2 is 2.23 bits per heavy atom. The summed E-state index contributed by atoms with van der Waals surface area (Å²) in [6, 6.07) is 3.72. The molecule has 0 bridgehead atoms. The molecule has 0 amide bonds. The maximum Gasteiger partial charge on any atom is 0.258 e. The number of nitrogens with zero attached hydrogens (tertiary/aromatic N) is 3. The summed E-state index contributed by atoms with van der Waals surface area (Å²) in [7, 11) is 0. The minimum atomic E-state index is 0.341. The number of ether oxygens (including phenoxy) is 1. The average molecular weight is 297 g/mol. The molecule has 0 spiro atoms. The molecule has 0 aliphatic rings. The van der Waals surface area contributed by atoms with Gasteiger partial charge in [0, 0.05) is 17.6 Å². The highest BCUT2D eigenvalue weighted by Crippen LogP contribution is 2.30. The van der Waals surface area contributed by atoms with Crippen LogP contribution in [0.5, 0.6) is 5.88 Å². The zero-order valence-corrected chi connectivity index (χ0v) is 13.0. The van der Waals surface area contributed by atoms with Crippen molar-refractivity contribution in [3.05, 3.63) is 53.8 Å². The molecule has 22 heavy (non-hydrogen) atoms. The van der Waals surface area contributed by atoms with Crippen LogP contribution in [0.25, 0.3) is 10.9 Å². The lowest BCUT2D eigenvalue weighted by Gasteiger charge is -2.09. The Morgan fingerprint density at radius 1 is 1.36 bits per heavy atom. The number of furan rings is 1. The van der Waals surface area contributed by atoms with Gasteiger partial charge in [-0.2, -0.15) is 5.10 Å². The normalized spacial score (nSPS) is 11.6. The van der Waals surface area contributed by atoms with Crippen molar-refractivity contribution in [1.82, 2.24) is 14.8 Å². The molecular formula is C17H19N3O2. The number of aryl methyl sites for hydroxylation is 1. The Labute approximate surface area is 129 Å². The molecule has 3 aromatic heterocycles. The zero-order chi connectivity index (χ0) is 15.5. The Balaban J connectivity index is 2.03. The molecule has 0 fully saturated rings. The average Bonchev–Trinajstić information content (AvgIpc) is 3.13. The van der Waals surface area contributed by atoms with Crippen LogP contribution in [0.1, 0.15) is 23.9 Å². The van der Waals surface area contributed by atoms with Gasteiger partial charge >= 0.3 is 0 Å².